The number of hydrogen-bond donors (Lipinski definition) is 1. The van der Waals surface area contributed by atoms with E-state index in [1.54, 1.807) is 13.0 Å². The third-order valence-electron chi connectivity index (χ3n) is 2.87. The first-order valence-electron chi connectivity index (χ1n) is 5.88. The van der Waals surface area contributed by atoms with E-state index in [2.05, 4.69) is 0 Å². The largest absolute Gasteiger partial charge is 0.489 e. The molecule has 0 aliphatic carbocycles. The second-order valence-corrected chi connectivity index (χ2v) is 4.31. The molecule has 2 aromatic carbocycles. The summed E-state index contributed by atoms with van der Waals surface area (Å²) in [4.78, 5) is 10.7. The van der Waals surface area contributed by atoms with Crippen molar-refractivity contribution in [1.29, 1.82) is 0 Å². The summed E-state index contributed by atoms with van der Waals surface area (Å²) < 4.78 is 31.8. The van der Waals surface area contributed by atoms with E-state index in [0.29, 0.717) is 0 Å². The van der Waals surface area contributed by atoms with E-state index in [0.717, 1.165) is 23.3 Å². The number of aryl methyl sites for hydroxylation is 1. The Balaban J connectivity index is 2.11. The summed E-state index contributed by atoms with van der Waals surface area (Å²) in [7, 11) is 0. The molecule has 0 amide bonds. The van der Waals surface area contributed by atoms with Crippen LogP contribution in [-0.2, 0) is 6.61 Å². The van der Waals surface area contributed by atoms with Crippen molar-refractivity contribution in [2.45, 2.75) is 13.5 Å². The minimum atomic E-state index is -1.33. The lowest BCUT2D eigenvalue weighted by Crippen LogP contribution is -2.02. The van der Waals surface area contributed by atoms with Crippen molar-refractivity contribution in [3.8, 4) is 5.75 Å². The predicted octanol–water partition coefficient (Wildman–Crippen LogP) is 3.55. The zero-order valence-electron chi connectivity index (χ0n) is 10.7. The van der Waals surface area contributed by atoms with E-state index in [1.165, 1.54) is 18.2 Å². The Bertz CT molecular complexity index is 654. The van der Waals surface area contributed by atoms with Gasteiger partial charge in [-0.15, -0.1) is 0 Å². The van der Waals surface area contributed by atoms with Crippen molar-refractivity contribution in [2.24, 2.45) is 0 Å². The van der Waals surface area contributed by atoms with E-state index < -0.39 is 17.3 Å². The van der Waals surface area contributed by atoms with Crippen molar-refractivity contribution in [3.05, 3.63) is 64.7 Å². The molecule has 0 spiro atoms. The maximum absolute atomic E-state index is 13.4. The average Bonchev–Trinajstić information content (AvgIpc) is 2.37. The summed E-state index contributed by atoms with van der Waals surface area (Å²) >= 11 is 0. The van der Waals surface area contributed by atoms with Crippen LogP contribution in [0.25, 0.3) is 0 Å². The van der Waals surface area contributed by atoms with Crippen LogP contribution >= 0.6 is 0 Å². The predicted molar refractivity (Wildman–Crippen MR) is 68.8 cm³/mol. The standard InChI is InChI=1S/C15H12F2O3/c1-9-6-11(16)3-2-10(9)8-20-12-4-5-13(15(18)19)14(17)7-12/h2-7H,8H2,1H3,(H,18,19). The van der Waals surface area contributed by atoms with Gasteiger partial charge in [-0.1, -0.05) is 6.07 Å². The number of carbonyl (C=O) groups is 1. The van der Waals surface area contributed by atoms with Gasteiger partial charge in [-0.25, -0.2) is 13.6 Å². The van der Waals surface area contributed by atoms with E-state index in [1.807, 2.05) is 0 Å². The summed E-state index contributed by atoms with van der Waals surface area (Å²) in [5.74, 6) is -2.30. The fraction of sp³-hybridized carbons (Fsp3) is 0.133. The quantitative estimate of drug-likeness (QED) is 0.930. The second kappa shape index (κ2) is 5.69. The highest BCUT2D eigenvalue weighted by Crippen LogP contribution is 2.19. The lowest BCUT2D eigenvalue weighted by atomic mass is 10.1. The molecule has 0 aliphatic rings. The number of ether oxygens (including phenoxy) is 1. The molecule has 0 saturated carbocycles. The summed E-state index contributed by atoms with van der Waals surface area (Å²) in [6.45, 7) is 1.90. The summed E-state index contributed by atoms with van der Waals surface area (Å²) in [5.41, 5.74) is 1.09. The molecule has 0 atom stereocenters. The molecular formula is C15H12F2O3. The van der Waals surface area contributed by atoms with Gasteiger partial charge in [0.05, 0.1) is 5.56 Å². The fourth-order valence-electron chi connectivity index (χ4n) is 1.74. The molecule has 0 aromatic heterocycles. The Hall–Kier alpha value is -2.43. The van der Waals surface area contributed by atoms with E-state index in [9.17, 15) is 13.6 Å². The lowest BCUT2D eigenvalue weighted by molar-refractivity contribution is 0.0692. The number of aromatic carboxylic acids is 1. The molecule has 5 heteroatoms. The molecule has 3 nitrogen and oxygen atoms in total. The number of halogens is 2. The highest BCUT2D eigenvalue weighted by atomic mass is 19.1. The highest BCUT2D eigenvalue weighted by Gasteiger charge is 2.11. The monoisotopic (exact) mass is 278 g/mol. The number of rotatable bonds is 4. The van der Waals surface area contributed by atoms with E-state index in [-0.39, 0.29) is 18.2 Å². The Labute approximate surface area is 114 Å². The third kappa shape index (κ3) is 3.12. The number of carboxylic acid groups (broad SMARTS) is 1. The van der Waals surface area contributed by atoms with Gasteiger partial charge in [0.15, 0.2) is 0 Å². The first-order valence-corrected chi connectivity index (χ1v) is 5.88. The topological polar surface area (TPSA) is 46.5 Å². The van der Waals surface area contributed by atoms with Crippen molar-refractivity contribution in [3.63, 3.8) is 0 Å². The van der Waals surface area contributed by atoms with E-state index >= 15 is 0 Å². The van der Waals surface area contributed by atoms with Gasteiger partial charge in [-0.3, -0.25) is 0 Å². The van der Waals surface area contributed by atoms with Crippen LogP contribution in [0, 0.1) is 18.6 Å². The molecule has 0 unspecified atom stereocenters. The van der Waals surface area contributed by atoms with Crippen LogP contribution in [0.5, 0.6) is 5.75 Å². The minimum Gasteiger partial charge on any atom is -0.489 e. The summed E-state index contributed by atoms with van der Waals surface area (Å²) in [5, 5.41) is 8.71. The van der Waals surface area contributed by atoms with Gasteiger partial charge in [0.1, 0.15) is 24.0 Å². The first-order chi connectivity index (χ1) is 9.47. The number of benzene rings is 2. The van der Waals surface area contributed by atoms with Gasteiger partial charge in [0, 0.05) is 6.07 Å². The van der Waals surface area contributed by atoms with Crippen molar-refractivity contribution in [1.82, 2.24) is 0 Å². The molecule has 0 fully saturated rings. The summed E-state index contributed by atoms with van der Waals surface area (Å²) in [6, 6.07) is 7.83. The Morgan fingerprint density at radius 2 is 1.95 bits per heavy atom. The molecule has 0 saturated heterocycles. The number of carboxylic acids is 1. The molecule has 20 heavy (non-hydrogen) atoms. The maximum atomic E-state index is 13.4. The van der Waals surface area contributed by atoms with Crippen molar-refractivity contribution >= 4 is 5.97 Å². The normalized spacial score (nSPS) is 10.3. The molecule has 2 aromatic rings. The first kappa shape index (κ1) is 14.0. The molecule has 0 radical (unpaired) electrons. The highest BCUT2D eigenvalue weighted by molar-refractivity contribution is 5.88. The van der Waals surface area contributed by atoms with Gasteiger partial charge in [0.25, 0.3) is 0 Å². The molecule has 2 rings (SSSR count). The molecule has 104 valence electrons. The second-order valence-electron chi connectivity index (χ2n) is 4.31. The summed E-state index contributed by atoms with van der Waals surface area (Å²) in [6.07, 6.45) is 0. The van der Waals surface area contributed by atoms with Crippen molar-refractivity contribution in [2.75, 3.05) is 0 Å². The maximum Gasteiger partial charge on any atom is 0.338 e. The SMILES string of the molecule is Cc1cc(F)ccc1COc1ccc(C(=O)O)c(F)c1. The van der Waals surface area contributed by atoms with Crippen LogP contribution in [0.2, 0.25) is 0 Å². The van der Waals surface area contributed by atoms with Crippen LogP contribution in [-0.4, -0.2) is 11.1 Å². The van der Waals surface area contributed by atoms with Gasteiger partial charge in [-0.2, -0.15) is 0 Å². The van der Waals surface area contributed by atoms with Crippen molar-refractivity contribution < 1.29 is 23.4 Å². The van der Waals surface area contributed by atoms with Crippen LogP contribution < -0.4 is 4.74 Å². The smallest absolute Gasteiger partial charge is 0.338 e. The molecule has 1 N–H and O–H groups in total. The molecule has 0 bridgehead atoms. The third-order valence-corrected chi connectivity index (χ3v) is 2.87. The van der Waals surface area contributed by atoms with Gasteiger partial charge < -0.3 is 9.84 Å². The van der Waals surface area contributed by atoms with E-state index in [4.69, 9.17) is 9.84 Å². The van der Waals surface area contributed by atoms with Gasteiger partial charge >= 0.3 is 5.97 Å². The van der Waals surface area contributed by atoms with Crippen LogP contribution in [0.1, 0.15) is 21.5 Å². The zero-order valence-corrected chi connectivity index (χ0v) is 10.7. The van der Waals surface area contributed by atoms with Gasteiger partial charge in [0.2, 0.25) is 0 Å². The van der Waals surface area contributed by atoms with Gasteiger partial charge in [-0.05, 0) is 42.3 Å². The fourth-order valence-corrected chi connectivity index (χ4v) is 1.74. The molecule has 0 heterocycles. The molecule has 0 aliphatic heterocycles. The van der Waals surface area contributed by atoms with Crippen LogP contribution in [0.3, 0.4) is 0 Å². The zero-order chi connectivity index (χ0) is 14.7. The average molecular weight is 278 g/mol. The lowest BCUT2D eigenvalue weighted by Gasteiger charge is -2.09. The number of hydrogen-bond acceptors (Lipinski definition) is 2. The Morgan fingerprint density at radius 3 is 2.55 bits per heavy atom. The Morgan fingerprint density at radius 1 is 1.20 bits per heavy atom. The minimum absolute atomic E-state index is 0.151. The Kier molecular flexibility index (Phi) is 3.98. The molecular weight excluding hydrogens is 266 g/mol. The van der Waals surface area contributed by atoms with Crippen LogP contribution in [0.4, 0.5) is 8.78 Å². The van der Waals surface area contributed by atoms with Crippen LogP contribution in [0.15, 0.2) is 36.4 Å².